The van der Waals surface area contributed by atoms with Crippen LogP contribution in [-0.4, -0.2) is 30.0 Å². The number of aliphatic hydroxyl groups excluding tert-OH is 1. The molecule has 0 spiro atoms. The van der Waals surface area contributed by atoms with Gasteiger partial charge in [-0.1, -0.05) is 20.3 Å². The second-order valence-corrected chi connectivity index (χ2v) is 5.66. The van der Waals surface area contributed by atoms with E-state index in [4.69, 9.17) is 0 Å². The molecule has 0 aromatic rings. The Morgan fingerprint density at radius 2 is 1.94 bits per heavy atom. The molecule has 0 saturated heterocycles. The molecule has 1 saturated carbocycles. The smallest absolute Gasteiger partial charge is 0.391 e. The van der Waals surface area contributed by atoms with Gasteiger partial charge in [0.15, 0.2) is 0 Å². The van der Waals surface area contributed by atoms with Crippen LogP contribution in [0.15, 0.2) is 0 Å². The number of nitrogens with one attached hydrogen (secondary N) is 1. The maximum absolute atomic E-state index is 12.6. The molecule has 0 bridgehead atoms. The Morgan fingerprint density at radius 1 is 1.28 bits per heavy atom. The molecule has 2 nitrogen and oxygen atoms in total. The second kappa shape index (κ2) is 6.75. The zero-order valence-electron chi connectivity index (χ0n) is 11.1. The van der Waals surface area contributed by atoms with E-state index >= 15 is 0 Å². The molecule has 2 N–H and O–H groups in total. The van der Waals surface area contributed by atoms with Gasteiger partial charge in [0, 0.05) is 6.04 Å². The third-order valence-corrected chi connectivity index (χ3v) is 3.78. The summed E-state index contributed by atoms with van der Waals surface area (Å²) in [7, 11) is 0. The van der Waals surface area contributed by atoms with Crippen LogP contribution in [-0.2, 0) is 0 Å². The van der Waals surface area contributed by atoms with Gasteiger partial charge in [0.05, 0.1) is 12.0 Å². The van der Waals surface area contributed by atoms with Gasteiger partial charge in [-0.3, -0.25) is 0 Å². The highest BCUT2D eigenvalue weighted by Gasteiger charge is 2.41. The van der Waals surface area contributed by atoms with E-state index in [1.54, 1.807) is 0 Å². The summed E-state index contributed by atoms with van der Waals surface area (Å²) in [6.45, 7) is 4.46. The first-order valence-corrected chi connectivity index (χ1v) is 6.79. The van der Waals surface area contributed by atoms with E-state index in [-0.39, 0.29) is 30.9 Å². The van der Waals surface area contributed by atoms with Crippen molar-refractivity contribution in [3.05, 3.63) is 0 Å². The fourth-order valence-electron chi connectivity index (χ4n) is 2.44. The Hall–Kier alpha value is -0.290. The monoisotopic (exact) mass is 267 g/mol. The fourth-order valence-corrected chi connectivity index (χ4v) is 2.44. The van der Waals surface area contributed by atoms with Crippen molar-refractivity contribution < 1.29 is 18.3 Å². The first-order valence-electron chi connectivity index (χ1n) is 6.79. The van der Waals surface area contributed by atoms with Crippen molar-refractivity contribution in [2.24, 2.45) is 11.8 Å². The lowest BCUT2D eigenvalue weighted by molar-refractivity contribution is -0.183. The van der Waals surface area contributed by atoms with Crippen LogP contribution in [0, 0.1) is 11.8 Å². The summed E-state index contributed by atoms with van der Waals surface area (Å²) in [5, 5.41) is 12.8. The topological polar surface area (TPSA) is 32.3 Å². The van der Waals surface area contributed by atoms with Gasteiger partial charge in [0.25, 0.3) is 0 Å². The van der Waals surface area contributed by atoms with Gasteiger partial charge >= 0.3 is 6.18 Å². The number of hydrogen-bond donors (Lipinski definition) is 2. The van der Waals surface area contributed by atoms with Crippen LogP contribution >= 0.6 is 0 Å². The number of hydrogen-bond acceptors (Lipinski definition) is 2. The van der Waals surface area contributed by atoms with Crippen molar-refractivity contribution in [3.8, 4) is 0 Å². The zero-order chi connectivity index (χ0) is 13.8. The predicted molar refractivity (Wildman–Crippen MR) is 65.3 cm³/mol. The van der Waals surface area contributed by atoms with Gasteiger partial charge < -0.3 is 10.4 Å². The van der Waals surface area contributed by atoms with Crippen molar-refractivity contribution in [3.63, 3.8) is 0 Å². The molecule has 3 atom stereocenters. The van der Waals surface area contributed by atoms with Crippen LogP contribution < -0.4 is 5.32 Å². The number of aliphatic hydroxyl groups is 1. The van der Waals surface area contributed by atoms with Gasteiger partial charge in [-0.25, -0.2) is 0 Å². The Bertz CT molecular complexity index is 243. The molecule has 0 heterocycles. The lowest BCUT2D eigenvalue weighted by Crippen LogP contribution is -2.40. The van der Waals surface area contributed by atoms with Crippen molar-refractivity contribution in [2.45, 2.75) is 64.3 Å². The minimum absolute atomic E-state index is 0.0512. The molecule has 0 unspecified atom stereocenters. The first-order chi connectivity index (χ1) is 8.30. The number of alkyl halides is 3. The molecular weight excluding hydrogens is 243 g/mol. The first kappa shape index (κ1) is 15.8. The van der Waals surface area contributed by atoms with Crippen LogP contribution in [0.5, 0.6) is 0 Å². The standard InChI is InChI=1S/C13H24F3NO/c1-9(2)12(18)6-7-17-11-5-3-4-10(8-11)13(14,15)16/h9-12,17-18H,3-8H2,1-2H3/t10-,11-,12-/m1/s1. The summed E-state index contributed by atoms with van der Waals surface area (Å²) in [4.78, 5) is 0. The normalized spacial score (nSPS) is 27.5. The average Bonchev–Trinajstić information content (AvgIpc) is 2.28. The van der Waals surface area contributed by atoms with Crippen LogP contribution in [0.3, 0.4) is 0 Å². The van der Waals surface area contributed by atoms with Gasteiger partial charge in [0.1, 0.15) is 0 Å². The molecule has 0 radical (unpaired) electrons. The minimum Gasteiger partial charge on any atom is -0.393 e. The van der Waals surface area contributed by atoms with Crippen LogP contribution in [0.2, 0.25) is 0 Å². The van der Waals surface area contributed by atoms with E-state index in [2.05, 4.69) is 5.32 Å². The van der Waals surface area contributed by atoms with Crippen molar-refractivity contribution in [1.29, 1.82) is 0 Å². The molecule has 18 heavy (non-hydrogen) atoms. The van der Waals surface area contributed by atoms with Crippen LogP contribution in [0.4, 0.5) is 13.2 Å². The lowest BCUT2D eigenvalue weighted by Gasteiger charge is -2.31. The van der Waals surface area contributed by atoms with Crippen LogP contribution in [0.1, 0.15) is 46.0 Å². The molecule has 5 heteroatoms. The summed E-state index contributed by atoms with van der Waals surface area (Å²) >= 11 is 0. The van der Waals surface area contributed by atoms with E-state index < -0.39 is 12.1 Å². The Morgan fingerprint density at radius 3 is 2.50 bits per heavy atom. The molecule has 1 fully saturated rings. The van der Waals surface area contributed by atoms with Gasteiger partial charge in [-0.15, -0.1) is 0 Å². The molecular formula is C13H24F3NO. The summed E-state index contributed by atoms with van der Waals surface area (Å²) in [5.74, 6) is -0.958. The minimum atomic E-state index is -4.06. The third-order valence-electron chi connectivity index (χ3n) is 3.78. The number of halogens is 3. The summed E-state index contributed by atoms with van der Waals surface area (Å²) in [5.41, 5.74) is 0. The highest BCUT2D eigenvalue weighted by molar-refractivity contribution is 4.82. The Kier molecular flexibility index (Phi) is 5.92. The maximum atomic E-state index is 12.6. The fraction of sp³-hybridized carbons (Fsp3) is 1.00. The zero-order valence-corrected chi connectivity index (χ0v) is 11.1. The number of rotatable bonds is 5. The second-order valence-electron chi connectivity index (χ2n) is 5.66. The molecule has 1 aliphatic carbocycles. The summed E-state index contributed by atoms with van der Waals surface area (Å²) < 4.78 is 37.8. The van der Waals surface area contributed by atoms with Gasteiger partial charge in [0.2, 0.25) is 0 Å². The molecule has 108 valence electrons. The van der Waals surface area contributed by atoms with E-state index in [0.717, 1.165) is 6.42 Å². The molecule has 0 amide bonds. The highest BCUT2D eigenvalue weighted by Crippen LogP contribution is 2.37. The average molecular weight is 267 g/mol. The predicted octanol–water partition coefficient (Wildman–Crippen LogP) is 3.10. The van der Waals surface area contributed by atoms with Gasteiger partial charge in [-0.2, -0.15) is 13.2 Å². The highest BCUT2D eigenvalue weighted by atomic mass is 19.4. The van der Waals surface area contributed by atoms with E-state index in [1.165, 1.54) is 0 Å². The van der Waals surface area contributed by atoms with Gasteiger partial charge in [-0.05, 0) is 38.1 Å². The van der Waals surface area contributed by atoms with E-state index in [9.17, 15) is 18.3 Å². The quantitative estimate of drug-likeness (QED) is 0.802. The summed E-state index contributed by atoms with van der Waals surface area (Å²) in [6.07, 6.45) is -1.95. The lowest BCUT2D eigenvalue weighted by atomic mass is 9.85. The molecule has 0 aromatic heterocycles. The van der Waals surface area contributed by atoms with Crippen molar-refractivity contribution in [1.82, 2.24) is 5.32 Å². The molecule has 0 aliphatic heterocycles. The van der Waals surface area contributed by atoms with Crippen molar-refractivity contribution >= 4 is 0 Å². The van der Waals surface area contributed by atoms with E-state index in [0.29, 0.717) is 19.4 Å². The largest absolute Gasteiger partial charge is 0.393 e. The third kappa shape index (κ3) is 5.14. The summed E-state index contributed by atoms with van der Waals surface area (Å²) in [6, 6.07) is -0.0512. The van der Waals surface area contributed by atoms with E-state index in [1.807, 2.05) is 13.8 Å². The molecule has 1 rings (SSSR count). The Labute approximate surface area is 107 Å². The van der Waals surface area contributed by atoms with Crippen molar-refractivity contribution in [2.75, 3.05) is 6.54 Å². The van der Waals surface area contributed by atoms with Crippen LogP contribution in [0.25, 0.3) is 0 Å². The maximum Gasteiger partial charge on any atom is 0.391 e. The molecule has 1 aliphatic rings. The Balaban J connectivity index is 2.26. The molecule has 0 aromatic carbocycles. The SMILES string of the molecule is CC(C)[C@H](O)CCN[C@@H]1CCC[C@@H](C(F)(F)F)C1.